The maximum atomic E-state index is 14.3. The van der Waals surface area contributed by atoms with Crippen LogP contribution in [0.1, 0.15) is 53.2 Å². The summed E-state index contributed by atoms with van der Waals surface area (Å²) in [7, 11) is 0. The van der Waals surface area contributed by atoms with Crippen LogP contribution in [0.15, 0.2) is 85.4 Å². The molecule has 0 aromatic heterocycles. The molecular formula is C33H30F3N3O6. The lowest BCUT2D eigenvalue weighted by molar-refractivity contribution is -0.183. The summed E-state index contributed by atoms with van der Waals surface area (Å²) in [6.45, 7) is 5.03. The van der Waals surface area contributed by atoms with Crippen molar-refractivity contribution in [1.82, 2.24) is 15.1 Å². The molecule has 0 saturated carbocycles. The smallest absolute Gasteiger partial charge is 0.416 e. The second kappa shape index (κ2) is 12.1. The molecule has 0 bridgehead atoms. The van der Waals surface area contributed by atoms with Crippen LogP contribution in [0.3, 0.4) is 0 Å². The Kier molecular flexibility index (Phi) is 8.42. The Morgan fingerprint density at radius 2 is 1.78 bits per heavy atom. The van der Waals surface area contributed by atoms with Gasteiger partial charge in [-0.15, -0.1) is 0 Å². The van der Waals surface area contributed by atoms with E-state index in [1.807, 2.05) is 0 Å². The first kappa shape index (κ1) is 31.3. The number of carboxylic acid groups (broad SMARTS) is 1. The largest absolute Gasteiger partial charge is 0.481 e. The van der Waals surface area contributed by atoms with Crippen molar-refractivity contribution < 1.29 is 42.2 Å². The Bertz CT molecular complexity index is 1650. The van der Waals surface area contributed by atoms with Crippen molar-refractivity contribution in [1.29, 1.82) is 0 Å². The molecule has 0 radical (unpaired) electrons. The molecule has 0 spiro atoms. The van der Waals surface area contributed by atoms with Crippen molar-refractivity contribution in [3.63, 3.8) is 0 Å². The lowest BCUT2D eigenvalue weighted by Gasteiger charge is -2.60. The molecular weight excluding hydrogens is 591 g/mol. The van der Waals surface area contributed by atoms with Gasteiger partial charge in [0.05, 0.1) is 24.1 Å². The molecule has 9 nitrogen and oxygen atoms in total. The zero-order valence-electron chi connectivity index (χ0n) is 24.2. The van der Waals surface area contributed by atoms with E-state index in [9.17, 15) is 37.5 Å². The molecule has 2 saturated heterocycles. The number of rotatable bonds is 10. The van der Waals surface area contributed by atoms with E-state index in [0.29, 0.717) is 16.7 Å². The quantitative estimate of drug-likeness (QED) is 0.295. The third-order valence-electron chi connectivity index (χ3n) is 8.27. The van der Waals surface area contributed by atoms with E-state index in [2.05, 4.69) is 11.9 Å². The molecule has 2 N–H and O–H groups in total. The molecule has 12 heteroatoms. The van der Waals surface area contributed by atoms with Gasteiger partial charge in [0, 0.05) is 6.54 Å². The second-order valence-corrected chi connectivity index (χ2v) is 11.0. The molecule has 45 heavy (non-hydrogen) atoms. The maximum Gasteiger partial charge on any atom is 0.416 e. The summed E-state index contributed by atoms with van der Waals surface area (Å²) in [6, 6.07) is 17.0. The molecule has 2 heterocycles. The topological polar surface area (TPSA) is 116 Å². The Morgan fingerprint density at radius 3 is 2.44 bits per heavy atom. The highest BCUT2D eigenvalue weighted by atomic mass is 19.4. The third-order valence-corrected chi connectivity index (χ3v) is 8.27. The fourth-order valence-electron chi connectivity index (χ4n) is 6.16. The van der Waals surface area contributed by atoms with Gasteiger partial charge in [-0.05, 0) is 41.3 Å². The standard InChI is InChI=1S/C33H30F3N3O6/c1-3-21-11-7-8-15-24(21)28-32(2,39-26(19-45-31(39)44)22-12-5-4-6-13-22)30(43)38(28)25(17-27(40)41)29(42)37-18-20-10-9-14-23(16-20)33(34,35)36/h3-16,25-26,28H,1,17-19H2,2H3,(H,37,42)(H,40,41)/t25-,26-,28-,32+/m1/s1. The minimum Gasteiger partial charge on any atom is -0.481 e. The van der Waals surface area contributed by atoms with Crippen molar-refractivity contribution in [3.05, 3.63) is 113 Å². The van der Waals surface area contributed by atoms with Crippen LogP contribution in [0.5, 0.6) is 0 Å². The van der Waals surface area contributed by atoms with Crippen LogP contribution in [0.4, 0.5) is 18.0 Å². The predicted octanol–water partition coefficient (Wildman–Crippen LogP) is 5.34. The van der Waals surface area contributed by atoms with Crippen LogP contribution in [-0.4, -0.2) is 57.0 Å². The number of hydrogen-bond donors (Lipinski definition) is 2. The molecule has 3 aromatic rings. The predicted molar refractivity (Wildman–Crippen MR) is 156 cm³/mol. The number of likely N-dealkylation sites (tertiary alicyclic amines) is 1. The summed E-state index contributed by atoms with van der Waals surface area (Å²) in [6.07, 6.45) is -4.59. The zero-order chi connectivity index (χ0) is 32.5. The van der Waals surface area contributed by atoms with Crippen molar-refractivity contribution in [3.8, 4) is 0 Å². The highest BCUT2D eigenvalue weighted by Crippen LogP contribution is 2.53. The number of nitrogens with one attached hydrogen (secondary N) is 1. The van der Waals surface area contributed by atoms with Crippen LogP contribution in [0.2, 0.25) is 0 Å². The van der Waals surface area contributed by atoms with Gasteiger partial charge in [-0.25, -0.2) is 4.79 Å². The number of nitrogens with zero attached hydrogens (tertiary/aromatic N) is 2. The van der Waals surface area contributed by atoms with E-state index >= 15 is 0 Å². The van der Waals surface area contributed by atoms with E-state index in [1.165, 1.54) is 17.0 Å². The third kappa shape index (κ3) is 5.75. The van der Waals surface area contributed by atoms with Gasteiger partial charge in [-0.3, -0.25) is 19.3 Å². The Balaban J connectivity index is 1.54. The van der Waals surface area contributed by atoms with Crippen LogP contribution in [0.25, 0.3) is 6.08 Å². The molecule has 0 aliphatic carbocycles. The number of halogens is 3. The number of benzene rings is 3. The van der Waals surface area contributed by atoms with Gasteiger partial charge in [-0.2, -0.15) is 13.2 Å². The van der Waals surface area contributed by atoms with Crippen LogP contribution >= 0.6 is 0 Å². The molecule has 2 fully saturated rings. The van der Waals surface area contributed by atoms with Crippen molar-refractivity contribution in [2.45, 2.75) is 49.7 Å². The first-order chi connectivity index (χ1) is 21.4. The lowest BCUT2D eigenvalue weighted by Crippen LogP contribution is -2.77. The molecule has 3 amide bonds. The average Bonchev–Trinajstić information content (AvgIpc) is 3.42. The van der Waals surface area contributed by atoms with Crippen LogP contribution in [0, 0.1) is 0 Å². The minimum absolute atomic E-state index is 0.0302. The molecule has 2 aliphatic rings. The first-order valence-electron chi connectivity index (χ1n) is 14.1. The number of amides is 3. The van der Waals surface area contributed by atoms with Gasteiger partial charge in [-0.1, -0.05) is 79.4 Å². The SMILES string of the molecule is C=Cc1ccccc1[C@H]1N([C@H](CC(=O)O)C(=O)NCc2cccc(C(F)(F)F)c2)C(=O)[C@@]1(C)N1C(=O)OC[C@@H]1c1ccccc1. The fraction of sp³-hybridized carbons (Fsp3) is 0.273. The van der Waals surface area contributed by atoms with Gasteiger partial charge in [0.25, 0.3) is 5.91 Å². The molecule has 3 aromatic carbocycles. The van der Waals surface area contributed by atoms with Gasteiger partial charge in [0.15, 0.2) is 0 Å². The highest BCUT2D eigenvalue weighted by molar-refractivity contribution is 6.02. The summed E-state index contributed by atoms with van der Waals surface area (Å²) in [5, 5.41) is 12.3. The molecule has 2 aliphatic heterocycles. The molecule has 234 valence electrons. The number of aliphatic carboxylic acids is 1. The van der Waals surface area contributed by atoms with Crippen LogP contribution < -0.4 is 5.32 Å². The van der Waals surface area contributed by atoms with Gasteiger partial charge in [0.2, 0.25) is 5.91 Å². The van der Waals surface area contributed by atoms with Crippen molar-refractivity contribution in [2.75, 3.05) is 6.61 Å². The Morgan fingerprint density at radius 1 is 1.09 bits per heavy atom. The van der Waals surface area contributed by atoms with Crippen LogP contribution in [-0.2, 0) is 31.8 Å². The number of alkyl halides is 3. The summed E-state index contributed by atoms with van der Waals surface area (Å²) in [5.41, 5.74) is -0.559. The van der Waals surface area contributed by atoms with Crippen molar-refractivity contribution in [2.24, 2.45) is 0 Å². The zero-order valence-corrected chi connectivity index (χ0v) is 24.2. The van der Waals surface area contributed by atoms with E-state index in [-0.39, 0.29) is 18.7 Å². The number of β-lactam (4-membered cyclic amide) rings is 1. The van der Waals surface area contributed by atoms with Gasteiger partial charge < -0.3 is 20.1 Å². The summed E-state index contributed by atoms with van der Waals surface area (Å²) in [5.74, 6) is -2.95. The van der Waals surface area contributed by atoms with E-state index in [0.717, 1.165) is 17.0 Å². The monoisotopic (exact) mass is 621 g/mol. The number of hydrogen-bond acceptors (Lipinski definition) is 5. The first-order valence-corrected chi connectivity index (χ1v) is 14.1. The molecule has 0 unspecified atom stereocenters. The Labute approximate surface area is 256 Å². The Hall–Kier alpha value is -5.13. The van der Waals surface area contributed by atoms with E-state index in [4.69, 9.17) is 4.74 Å². The van der Waals surface area contributed by atoms with Crippen molar-refractivity contribution >= 4 is 30.0 Å². The van der Waals surface area contributed by atoms with Gasteiger partial charge >= 0.3 is 18.2 Å². The summed E-state index contributed by atoms with van der Waals surface area (Å²) in [4.78, 5) is 55.7. The summed E-state index contributed by atoms with van der Waals surface area (Å²) < 4.78 is 45.1. The second-order valence-electron chi connectivity index (χ2n) is 11.0. The van der Waals surface area contributed by atoms with E-state index in [1.54, 1.807) is 67.6 Å². The number of ether oxygens (including phenoxy) is 1. The molecule has 4 atom stereocenters. The summed E-state index contributed by atoms with van der Waals surface area (Å²) >= 11 is 0. The highest BCUT2D eigenvalue weighted by Gasteiger charge is 2.68. The minimum atomic E-state index is -4.60. The molecule has 5 rings (SSSR count). The van der Waals surface area contributed by atoms with E-state index < -0.39 is 65.7 Å². The number of carbonyl (C=O) groups excluding carboxylic acids is 3. The van der Waals surface area contributed by atoms with Gasteiger partial charge in [0.1, 0.15) is 18.2 Å². The number of cyclic esters (lactones) is 1. The average molecular weight is 622 g/mol. The fourth-order valence-corrected chi connectivity index (χ4v) is 6.16. The lowest BCUT2D eigenvalue weighted by atomic mass is 9.71. The normalized spacial score (nSPS) is 22.0. The maximum absolute atomic E-state index is 14.3. The number of carboxylic acids is 1. The number of carbonyl (C=O) groups is 4.